The number of hydrogen-bond acceptors (Lipinski definition) is 7. The van der Waals surface area contributed by atoms with Crippen LogP contribution >= 0.6 is 11.3 Å². The summed E-state index contributed by atoms with van der Waals surface area (Å²) in [5, 5.41) is 11.5. The summed E-state index contributed by atoms with van der Waals surface area (Å²) in [4.78, 5) is 20.8. The SMILES string of the molecule is CC(Oc1cccc(C#N)c1)C(=O)OCc1csc(-c2ccccn2)n1. The number of carbonyl (C=O) groups is 1. The van der Waals surface area contributed by atoms with Crippen molar-refractivity contribution < 1.29 is 14.3 Å². The summed E-state index contributed by atoms with van der Waals surface area (Å²) in [6.07, 6.45) is 0.911. The van der Waals surface area contributed by atoms with Crippen molar-refractivity contribution in [2.24, 2.45) is 0 Å². The second-order valence-electron chi connectivity index (χ2n) is 5.37. The van der Waals surface area contributed by atoms with Gasteiger partial charge < -0.3 is 9.47 Å². The zero-order valence-electron chi connectivity index (χ0n) is 14.0. The Hall–Kier alpha value is -3.24. The Balaban J connectivity index is 1.55. The first kappa shape index (κ1) is 17.6. The van der Waals surface area contributed by atoms with Gasteiger partial charge in [-0.2, -0.15) is 5.26 Å². The van der Waals surface area contributed by atoms with Gasteiger partial charge in [-0.15, -0.1) is 11.3 Å². The monoisotopic (exact) mass is 365 g/mol. The maximum Gasteiger partial charge on any atom is 0.347 e. The van der Waals surface area contributed by atoms with Crippen molar-refractivity contribution in [3.63, 3.8) is 0 Å². The molecule has 6 nitrogen and oxygen atoms in total. The third-order valence-corrected chi connectivity index (χ3v) is 4.32. The molecule has 0 aliphatic heterocycles. The van der Waals surface area contributed by atoms with Crippen molar-refractivity contribution in [2.75, 3.05) is 0 Å². The summed E-state index contributed by atoms with van der Waals surface area (Å²) in [5.74, 6) is -0.0562. The molecule has 3 rings (SSSR count). The molecule has 0 N–H and O–H groups in total. The van der Waals surface area contributed by atoms with Crippen LogP contribution in [0.25, 0.3) is 10.7 Å². The lowest BCUT2D eigenvalue weighted by Crippen LogP contribution is -2.26. The molecule has 0 saturated heterocycles. The topological polar surface area (TPSA) is 85.1 Å². The Morgan fingerprint density at radius 1 is 1.31 bits per heavy atom. The van der Waals surface area contributed by atoms with E-state index in [4.69, 9.17) is 14.7 Å². The highest BCUT2D eigenvalue weighted by Gasteiger charge is 2.17. The lowest BCUT2D eigenvalue weighted by Gasteiger charge is -2.13. The number of benzene rings is 1. The van der Waals surface area contributed by atoms with E-state index in [0.29, 0.717) is 17.0 Å². The number of carbonyl (C=O) groups excluding carboxylic acids is 1. The molecule has 2 heterocycles. The van der Waals surface area contributed by atoms with E-state index in [0.717, 1.165) is 10.7 Å². The molecular formula is C19H15N3O3S. The Kier molecular flexibility index (Phi) is 5.56. The van der Waals surface area contributed by atoms with Crippen LogP contribution in [-0.4, -0.2) is 22.0 Å². The first-order valence-electron chi connectivity index (χ1n) is 7.85. The summed E-state index contributed by atoms with van der Waals surface area (Å²) in [6.45, 7) is 1.66. The van der Waals surface area contributed by atoms with Gasteiger partial charge in [0.2, 0.25) is 0 Å². The summed E-state index contributed by atoms with van der Waals surface area (Å²) in [6, 6.07) is 14.2. The fraction of sp³-hybridized carbons (Fsp3) is 0.158. The number of ether oxygens (including phenoxy) is 2. The first-order valence-corrected chi connectivity index (χ1v) is 8.73. The van der Waals surface area contributed by atoms with E-state index in [1.807, 2.05) is 29.6 Å². The Morgan fingerprint density at radius 2 is 2.19 bits per heavy atom. The molecule has 1 atom stereocenters. The van der Waals surface area contributed by atoms with Gasteiger partial charge in [-0.1, -0.05) is 12.1 Å². The highest BCUT2D eigenvalue weighted by Crippen LogP contribution is 2.22. The third-order valence-electron chi connectivity index (χ3n) is 3.41. The van der Waals surface area contributed by atoms with Gasteiger partial charge >= 0.3 is 5.97 Å². The number of rotatable bonds is 6. The van der Waals surface area contributed by atoms with E-state index in [1.54, 1.807) is 37.4 Å². The van der Waals surface area contributed by atoms with Gasteiger partial charge in [0.15, 0.2) is 6.10 Å². The quantitative estimate of drug-likeness (QED) is 0.621. The van der Waals surface area contributed by atoms with Gasteiger partial charge in [0, 0.05) is 11.6 Å². The van der Waals surface area contributed by atoms with Crippen LogP contribution in [-0.2, 0) is 16.1 Å². The van der Waals surface area contributed by atoms with Crippen LogP contribution < -0.4 is 4.74 Å². The molecule has 26 heavy (non-hydrogen) atoms. The molecule has 0 radical (unpaired) electrons. The van der Waals surface area contributed by atoms with Crippen molar-refractivity contribution in [1.82, 2.24) is 9.97 Å². The number of thiazole rings is 1. The number of esters is 1. The lowest BCUT2D eigenvalue weighted by atomic mass is 10.2. The molecule has 0 bridgehead atoms. The van der Waals surface area contributed by atoms with Crippen molar-refractivity contribution in [2.45, 2.75) is 19.6 Å². The van der Waals surface area contributed by atoms with Crippen molar-refractivity contribution in [3.05, 3.63) is 65.3 Å². The molecule has 0 saturated carbocycles. The van der Waals surface area contributed by atoms with Crippen LogP contribution in [0.4, 0.5) is 0 Å². The maximum atomic E-state index is 12.1. The molecular weight excluding hydrogens is 350 g/mol. The van der Waals surface area contributed by atoms with E-state index in [1.165, 1.54) is 11.3 Å². The van der Waals surface area contributed by atoms with Gasteiger partial charge in [0.1, 0.15) is 17.4 Å². The molecule has 1 unspecified atom stereocenters. The summed E-state index contributed by atoms with van der Waals surface area (Å²) >= 11 is 1.44. The number of nitrogens with zero attached hydrogens (tertiary/aromatic N) is 3. The number of hydrogen-bond donors (Lipinski definition) is 0. The molecule has 130 valence electrons. The fourth-order valence-electron chi connectivity index (χ4n) is 2.13. The molecule has 0 aliphatic carbocycles. The molecule has 0 amide bonds. The van der Waals surface area contributed by atoms with Crippen molar-refractivity contribution >= 4 is 17.3 Å². The average molecular weight is 365 g/mol. The predicted octanol–water partition coefficient (Wildman–Crippen LogP) is 3.59. The van der Waals surface area contributed by atoms with Gasteiger partial charge in [-0.05, 0) is 37.3 Å². The van der Waals surface area contributed by atoms with Crippen LogP contribution in [0.2, 0.25) is 0 Å². The Bertz CT molecular complexity index is 934. The zero-order chi connectivity index (χ0) is 18.4. The third kappa shape index (κ3) is 4.43. The normalized spacial score (nSPS) is 11.4. The van der Waals surface area contributed by atoms with E-state index in [-0.39, 0.29) is 6.61 Å². The number of pyridine rings is 1. The Morgan fingerprint density at radius 3 is 2.96 bits per heavy atom. The van der Waals surface area contributed by atoms with E-state index < -0.39 is 12.1 Å². The molecule has 2 aromatic heterocycles. The van der Waals surface area contributed by atoms with E-state index in [2.05, 4.69) is 9.97 Å². The molecule has 0 fully saturated rings. The molecule has 0 aliphatic rings. The smallest absolute Gasteiger partial charge is 0.347 e. The minimum absolute atomic E-state index is 0.0636. The van der Waals surface area contributed by atoms with Crippen molar-refractivity contribution in [1.29, 1.82) is 5.26 Å². The van der Waals surface area contributed by atoms with Gasteiger partial charge in [0.05, 0.1) is 23.0 Å². The average Bonchev–Trinajstić information content (AvgIpc) is 3.16. The molecule has 7 heteroatoms. The first-order chi connectivity index (χ1) is 12.7. The van der Waals surface area contributed by atoms with E-state index in [9.17, 15) is 4.79 Å². The highest BCUT2D eigenvalue weighted by molar-refractivity contribution is 7.13. The minimum Gasteiger partial charge on any atom is -0.479 e. The molecule has 3 aromatic rings. The van der Waals surface area contributed by atoms with Crippen LogP contribution in [0, 0.1) is 11.3 Å². The van der Waals surface area contributed by atoms with Crippen LogP contribution in [0.1, 0.15) is 18.2 Å². The highest BCUT2D eigenvalue weighted by atomic mass is 32.1. The summed E-state index contributed by atoms with van der Waals surface area (Å²) < 4.78 is 10.8. The van der Waals surface area contributed by atoms with Crippen molar-refractivity contribution in [3.8, 4) is 22.5 Å². The number of nitriles is 1. The second-order valence-corrected chi connectivity index (χ2v) is 6.22. The largest absolute Gasteiger partial charge is 0.479 e. The predicted molar refractivity (Wildman–Crippen MR) is 96.4 cm³/mol. The fourth-order valence-corrected chi connectivity index (χ4v) is 2.91. The standard InChI is InChI=1S/C19H15N3O3S/c1-13(25-16-6-4-5-14(9-16)10-20)19(23)24-11-15-12-26-18(22-15)17-7-2-3-8-21-17/h2-9,12-13H,11H2,1H3. The van der Waals surface area contributed by atoms with Gasteiger partial charge in [0.25, 0.3) is 0 Å². The van der Waals surface area contributed by atoms with Gasteiger partial charge in [-0.3, -0.25) is 4.98 Å². The zero-order valence-corrected chi connectivity index (χ0v) is 14.8. The van der Waals surface area contributed by atoms with E-state index >= 15 is 0 Å². The van der Waals surface area contributed by atoms with Crippen LogP contribution in [0.15, 0.2) is 54.0 Å². The Labute approximate surface area is 154 Å². The molecule has 1 aromatic carbocycles. The summed E-state index contributed by atoms with van der Waals surface area (Å²) in [5.41, 5.74) is 1.90. The molecule has 0 spiro atoms. The van der Waals surface area contributed by atoms with Crippen LogP contribution in [0.5, 0.6) is 5.75 Å². The van der Waals surface area contributed by atoms with Crippen LogP contribution in [0.3, 0.4) is 0 Å². The minimum atomic E-state index is -0.794. The van der Waals surface area contributed by atoms with Gasteiger partial charge in [-0.25, -0.2) is 9.78 Å². The number of aromatic nitrogens is 2. The maximum absolute atomic E-state index is 12.1. The second kappa shape index (κ2) is 8.23. The lowest BCUT2D eigenvalue weighted by molar-refractivity contribution is -0.152. The summed E-state index contributed by atoms with van der Waals surface area (Å²) in [7, 11) is 0.